The van der Waals surface area contributed by atoms with Crippen LogP contribution in [0.15, 0.2) is 36.4 Å². The number of hydrogen-bond donors (Lipinski definition) is 2. The van der Waals surface area contributed by atoms with Gasteiger partial charge in [-0.25, -0.2) is 18.0 Å². The van der Waals surface area contributed by atoms with Gasteiger partial charge in [0, 0.05) is 18.6 Å². The third kappa shape index (κ3) is 4.14. The predicted molar refractivity (Wildman–Crippen MR) is 80.1 cm³/mol. The fraction of sp³-hybridized carbons (Fsp3) is 0.118. The lowest BCUT2D eigenvalue weighted by molar-refractivity contribution is -0.139. The van der Waals surface area contributed by atoms with E-state index in [4.69, 9.17) is 5.26 Å². The van der Waals surface area contributed by atoms with E-state index in [2.05, 4.69) is 0 Å². The van der Waals surface area contributed by atoms with Gasteiger partial charge in [0.2, 0.25) is 0 Å². The lowest BCUT2D eigenvalue weighted by Gasteiger charge is -2.16. The summed E-state index contributed by atoms with van der Waals surface area (Å²) in [7, 11) is 0. The normalized spacial score (nSPS) is 11.4. The SMILES string of the molecule is N#Cc1ccccc1C[C@@H](NC(=O)c1c(F)cc(F)cc1F)C(=O)O. The molecule has 0 aliphatic carbocycles. The molecule has 0 unspecified atom stereocenters. The van der Waals surface area contributed by atoms with Crippen LogP contribution in [0.5, 0.6) is 0 Å². The molecule has 2 N–H and O–H groups in total. The summed E-state index contributed by atoms with van der Waals surface area (Å²) in [4.78, 5) is 23.4. The van der Waals surface area contributed by atoms with Crippen LogP contribution in [0.1, 0.15) is 21.5 Å². The van der Waals surface area contributed by atoms with Crippen molar-refractivity contribution in [2.75, 3.05) is 0 Å². The topological polar surface area (TPSA) is 90.2 Å². The van der Waals surface area contributed by atoms with Crippen LogP contribution in [0.3, 0.4) is 0 Å². The van der Waals surface area contributed by atoms with E-state index in [-0.39, 0.29) is 12.0 Å². The summed E-state index contributed by atoms with van der Waals surface area (Å²) in [5.41, 5.74) is -0.527. The molecule has 2 rings (SSSR count). The van der Waals surface area contributed by atoms with Crippen LogP contribution < -0.4 is 5.32 Å². The Morgan fingerprint density at radius 1 is 1.16 bits per heavy atom. The Morgan fingerprint density at radius 3 is 2.32 bits per heavy atom. The van der Waals surface area contributed by atoms with Crippen molar-refractivity contribution in [1.82, 2.24) is 5.32 Å². The minimum atomic E-state index is -1.54. The van der Waals surface area contributed by atoms with E-state index < -0.39 is 40.9 Å². The first kappa shape index (κ1) is 18.0. The summed E-state index contributed by atoms with van der Waals surface area (Å²) in [6, 6.07) is 7.11. The molecule has 1 atom stereocenters. The van der Waals surface area contributed by atoms with Crippen molar-refractivity contribution in [2.45, 2.75) is 12.5 Å². The maximum Gasteiger partial charge on any atom is 0.326 e. The van der Waals surface area contributed by atoms with Gasteiger partial charge >= 0.3 is 5.97 Å². The Bertz CT molecular complexity index is 855. The number of amides is 1. The van der Waals surface area contributed by atoms with Crippen molar-refractivity contribution in [2.24, 2.45) is 0 Å². The molecule has 128 valence electrons. The van der Waals surface area contributed by atoms with Crippen LogP contribution in [0.4, 0.5) is 13.2 Å². The monoisotopic (exact) mass is 348 g/mol. The van der Waals surface area contributed by atoms with E-state index in [0.717, 1.165) is 0 Å². The average molecular weight is 348 g/mol. The molecular formula is C17H11F3N2O3. The molecule has 0 heterocycles. The predicted octanol–water partition coefficient (Wildman–Crippen LogP) is 2.40. The second-order valence-electron chi connectivity index (χ2n) is 5.08. The Labute approximate surface area is 140 Å². The van der Waals surface area contributed by atoms with Crippen LogP contribution >= 0.6 is 0 Å². The van der Waals surface area contributed by atoms with Gasteiger partial charge in [-0.05, 0) is 11.6 Å². The molecule has 0 fully saturated rings. The van der Waals surface area contributed by atoms with Gasteiger partial charge in [0.15, 0.2) is 0 Å². The third-order valence-electron chi connectivity index (χ3n) is 3.40. The van der Waals surface area contributed by atoms with Gasteiger partial charge < -0.3 is 10.4 Å². The number of carboxylic acids is 1. The molecule has 0 aliphatic rings. The van der Waals surface area contributed by atoms with E-state index in [1.54, 1.807) is 12.1 Å². The van der Waals surface area contributed by atoms with E-state index >= 15 is 0 Å². The first-order chi connectivity index (χ1) is 11.8. The molecule has 0 saturated heterocycles. The highest BCUT2D eigenvalue weighted by Gasteiger charge is 2.26. The summed E-state index contributed by atoms with van der Waals surface area (Å²) in [6.07, 6.45) is -0.269. The smallest absolute Gasteiger partial charge is 0.326 e. The highest BCUT2D eigenvalue weighted by atomic mass is 19.1. The molecule has 0 aliphatic heterocycles. The van der Waals surface area contributed by atoms with E-state index in [9.17, 15) is 27.9 Å². The molecule has 0 bridgehead atoms. The lowest BCUT2D eigenvalue weighted by atomic mass is 10.0. The van der Waals surface area contributed by atoms with E-state index in [0.29, 0.717) is 17.7 Å². The zero-order valence-electron chi connectivity index (χ0n) is 12.6. The average Bonchev–Trinajstić information content (AvgIpc) is 2.53. The van der Waals surface area contributed by atoms with Gasteiger partial charge in [0.1, 0.15) is 29.1 Å². The second-order valence-corrected chi connectivity index (χ2v) is 5.08. The van der Waals surface area contributed by atoms with Crippen LogP contribution in [0.25, 0.3) is 0 Å². The van der Waals surface area contributed by atoms with Crippen LogP contribution in [-0.4, -0.2) is 23.0 Å². The minimum Gasteiger partial charge on any atom is -0.480 e. The Morgan fingerprint density at radius 2 is 1.76 bits per heavy atom. The second kappa shape index (κ2) is 7.49. The van der Waals surface area contributed by atoms with E-state index in [1.165, 1.54) is 12.1 Å². The fourth-order valence-electron chi connectivity index (χ4n) is 2.22. The van der Waals surface area contributed by atoms with Crippen LogP contribution in [0, 0.1) is 28.8 Å². The summed E-state index contributed by atoms with van der Waals surface area (Å²) in [5.74, 6) is -6.89. The van der Waals surface area contributed by atoms with Gasteiger partial charge in [0.05, 0.1) is 11.6 Å². The molecule has 8 heteroatoms. The molecule has 0 spiro atoms. The van der Waals surface area contributed by atoms with Crippen LogP contribution in [0.2, 0.25) is 0 Å². The number of nitriles is 1. The number of aliphatic carboxylic acids is 1. The summed E-state index contributed by atoms with van der Waals surface area (Å²) < 4.78 is 40.2. The lowest BCUT2D eigenvalue weighted by Crippen LogP contribution is -2.43. The van der Waals surface area contributed by atoms with Crippen molar-refractivity contribution >= 4 is 11.9 Å². The number of nitrogens with one attached hydrogen (secondary N) is 1. The quantitative estimate of drug-likeness (QED) is 0.868. The molecular weight excluding hydrogens is 337 g/mol. The van der Waals surface area contributed by atoms with E-state index in [1.807, 2.05) is 11.4 Å². The number of carboxylic acid groups (broad SMARTS) is 1. The number of nitrogens with zero attached hydrogens (tertiary/aromatic N) is 1. The molecule has 0 aromatic heterocycles. The largest absolute Gasteiger partial charge is 0.480 e. The van der Waals surface area contributed by atoms with Crippen molar-refractivity contribution in [3.63, 3.8) is 0 Å². The van der Waals surface area contributed by atoms with Gasteiger partial charge in [-0.2, -0.15) is 5.26 Å². The number of carbonyl (C=O) groups excluding carboxylic acids is 1. The number of benzene rings is 2. The molecule has 25 heavy (non-hydrogen) atoms. The van der Waals surface area contributed by atoms with Gasteiger partial charge in [-0.3, -0.25) is 4.79 Å². The number of carbonyl (C=O) groups is 2. The zero-order chi connectivity index (χ0) is 18.6. The summed E-state index contributed by atoms with van der Waals surface area (Å²) >= 11 is 0. The standard InChI is InChI=1S/C17H11F3N2O3/c18-11-6-12(19)15(13(20)7-11)16(23)22-14(17(24)25)5-9-3-1-2-4-10(9)8-21/h1-4,6-7,14H,5H2,(H,22,23)(H,24,25)/t14-/m1/s1. The maximum atomic E-state index is 13.6. The Kier molecular flexibility index (Phi) is 5.39. The highest BCUT2D eigenvalue weighted by molar-refractivity contribution is 5.97. The maximum absolute atomic E-state index is 13.6. The van der Waals surface area contributed by atoms with Crippen molar-refractivity contribution in [3.05, 3.63) is 70.5 Å². The Hall–Kier alpha value is -3.34. The molecule has 2 aromatic carbocycles. The van der Waals surface area contributed by atoms with Crippen molar-refractivity contribution in [3.8, 4) is 6.07 Å². The van der Waals surface area contributed by atoms with Gasteiger partial charge in [-0.1, -0.05) is 18.2 Å². The molecule has 0 saturated carbocycles. The fourth-order valence-corrected chi connectivity index (χ4v) is 2.22. The summed E-state index contributed by atoms with van der Waals surface area (Å²) in [5, 5.41) is 20.2. The Balaban J connectivity index is 2.27. The van der Waals surface area contributed by atoms with Gasteiger partial charge in [0.25, 0.3) is 5.91 Å². The van der Waals surface area contributed by atoms with Gasteiger partial charge in [-0.15, -0.1) is 0 Å². The van der Waals surface area contributed by atoms with Crippen LogP contribution in [-0.2, 0) is 11.2 Å². The molecule has 5 nitrogen and oxygen atoms in total. The minimum absolute atomic E-state index is 0.210. The first-order valence-corrected chi connectivity index (χ1v) is 6.99. The number of hydrogen-bond acceptors (Lipinski definition) is 3. The van der Waals surface area contributed by atoms with Crippen molar-refractivity contribution in [1.29, 1.82) is 5.26 Å². The number of halogens is 3. The number of rotatable bonds is 5. The molecule has 0 radical (unpaired) electrons. The molecule has 2 aromatic rings. The summed E-state index contributed by atoms with van der Waals surface area (Å²) in [6.45, 7) is 0. The highest BCUT2D eigenvalue weighted by Crippen LogP contribution is 2.16. The van der Waals surface area contributed by atoms with Crippen molar-refractivity contribution < 1.29 is 27.9 Å². The molecule has 1 amide bonds. The zero-order valence-corrected chi connectivity index (χ0v) is 12.6. The third-order valence-corrected chi connectivity index (χ3v) is 3.40. The first-order valence-electron chi connectivity index (χ1n) is 6.99.